The van der Waals surface area contributed by atoms with Gasteiger partial charge in [0, 0.05) is 34.7 Å². The van der Waals surface area contributed by atoms with E-state index in [0.29, 0.717) is 24.3 Å². The predicted molar refractivity (Wildman–Crippen MR) is 136 cm³/mol. The van der Waals surface area contributed by atoms with E-state index in [1.165, 1.54) is 11.3 Å². The Labute approximate surface area is 217 Å². The number of nitrogens with one attached hydrogen (secondary N) is 3. The lowest BCUT2D eigenvalue weighted by molar-refractivity contribution is -0.139. The van der Waals surface area contributed by atoms with Gasteiger partial charge in [-0.1, -0.05) is 18.2 Å². The molecule has 3 rings (SSSR count). The number of nitrogens with two attached hydrogens (primary N) is 1. The van der Waals surface area contributed by atoms with Crippen molar-refractivity contribution in [1.82, 2.24) is 15.5 Å². The second kappa shape index (κ2) is 12.6. The van der Waals surface area contributed by atoms with Crippen LogP contribution in [-0.4, -0.2) is 60.1 Å². The summed E-state index contributed by atoms with van der Waals surface area (Å²) in [6.45, 7) is 0.538. The van der Waals surface area contributed by atoms with E-state index in [4.69, 9.17) is 15.9 Å². The first kappa shape index (κ1) is 28.0. The molecule has 37 heavy (non-hydrogen) atoms. The molecule has 0 saturated carbocycles. The predicted octanol–water partition coefficient (Wildman–Crippen LogP) is 2.50. The summed E-state index contributed by atoms with van der Waals surface area (Å²) in [6.07, 6.45) is 0.375. The van der Waals surface area contributed by atoms with Gasteiger partial charge < -0.3 is 26.0 Å². The van der Waals surface area contributed by atoms with Gasteiger partial charge in [0.1, 0.15) is 17.6 Å². The Morgan fingerprint density at radius 2 is 1.97 bits per heavy atom. The largest absolute Gasteiger partial charge is 0.494 e. The van der Waals surface area contributed by atoms with Crippen molar-refractivity contribution in [1.29, 1.82) is 5.41 Å². The minimum Gasteiger partial charge on any atom is -0.494 e. The Balaban J connectivity index is 1.50. The van der Waals surface area contributed by atoms with Crippen molar-refractivity contribution in [2.75, 3.05) is 19.7 Å². The number of benzene rings is 1. The van der Waals surface area contributed by atoms with Gasteiger partial charge in [0.25, 0.3) is 0 Å². The molecule has 0 bridgehead atoms. The molecule has 1 fully saturated rings. The molecule has 0 radical (unpaired) electrons. The average Bonchev–Trinajstić information content (AvgIpc) is 3.52. The van der Waals surface area contributed by atoms with E-state index in [-0.39, 0.29) is 37.7 Å². The van der Waals surface area contributed by atoms with Crippen LogP contribution in [0.3, 0.4) is 0 Å². The molecule has 2 atom stereocenters. The van der Waals surface area contributed by atoms with Gasteiger partial charge in [0.15, 0.2) is 0 Å². The number of likely N-dealkylation sites (tertiary alicyclic amines) is 1. The lowest BCUT2D eigenvalue weighted by Gasteiger charge is -2.24. The topological polar surface area (TPSA) is 138 Å². The van der Waals surface area contributed by atoms with Crippen molar-refractivity contribution in [2.45, 2.75) is 44.7 Å². The van der Waals surface area contributed by atoms with Crippen LogP contribution in [0.4, 0.5) is 8.78 Å². The minimum absolute atomic E-state index is 0.0971. The number of nitrogen functional groups attached to an aromatic ring is 1. The number of ether oxygens (including phenoxy) is 1. The van der Waals surface area contributed by atoms with Gasteiger partial charge in [-0.3, -0.25) is 19.8 Å². The summed E-state index contributed by atoms with van der Waals surface area (Å²) in [5, 5.41) is 14.3. The molecule has 1 saturated heterocycles. The lowest BCUT2D eigenvalue weighted by atomic mass is 9.99. The van der Waals surface area contributed by atoms with Crippen molar-refractivity contribution < 1.29 is 27.9 Å². The highest BCUT2D eigenvalue weighted by Crippen LogP contribution is 2.35. The van der Waals surface area contributed by atoms with Crippen molar-refractivity contribution in [3.63, 3.8) is 0 Å². The van der Waals surface area contributed by atoms with E-state index < -0.39 is 36.2 Å². The fourth-order valence-corrected chi connectivity index (χ4v) is 4.76. The molecule has 200 valence electrons. The highest BCUT2D eigenvalue weighted by molar-refractivity contribution is 7.10. The molecule has 3 amide bonds. The maximum Gasteiger partial charge on any atom is 0.249 e. The van der Waals surface area contributed by atoms with E-state index in [1.807, 2.05) is 18.2 Å². The molecular weight excluding hydrogens is 504 g/mol. The molecule has 1 aliphatic heterocycles. The van der Waals surface area contributed by atoms with Crippen molar-refractivity contribution in [3.05, 3.63) is 52.2 Å². The SMILES string of the molecule is CC(F)(F)C1CC(C(=O)NCc2cc(C(=N)N)cs2)N(C(=O)CNC(=O)CCCOc2ccccc2)C1. The number of rotatable bonds is 12. The Morgan fingerprint density at radius 3 is 2.62 bits per heavy atom. The Kier molecular flexibility index (Phi) is 9.56. The van der Waals surface area contributed by atoms with Gasteiger partial charge in [-0.2, -0.15) is 0 Å². The number of hydrogen-bond acceptors (Lipinski definition) is 6. The van der Waals surface area contributed by atoms with Crippen LogP contribution in [0.2, 0.25) is 0 Å². The van der Waals surface area contributed by atoms with Gasteiger partial charge in [0.2, 0.25) is 23.6 Å². The Hall–Kier alpha value is -3.54. The van der Waals surface area contributed by atoms with Crippen LogP contribution in [0.15, 0.2) is 41.8 Å². The number of amides is 3. The number of amidine groups is 1. The highest BCUT2D eigenvalue weighted by Gasteiger charge is 2.47. The van der Waals surface area contributed by atoms with Crippen LogP contribution in [-0.2, 0) is 20.9 Å². The van der Waals surface area contributed by atoms with Crippen LogP contribution < -0.4 is 21.1 Å². The molecule has 1 aliphatic rings. The molecule has 5 N–H and O–H groups in total. The summed E-state index contributed by atoms with van der Waals surface area (Å²) >= 11 is 1.30. The zero-order valence-corrected chi connectivity index (χ0v) is 21.3. The number of carbonyl (C=O) groups is 3. The standard InChI is InChI=1S/C25H31F2N5O4S/c1-25(26,27)17-11-20(24(35)31-12-19-10-16(15-37-19)23(28)29)32(14-17)22(34)13-30-21(33)8-5-9-36-18-6-3-2-4-7-18/h2-4,6-7,10,15,17,20H,5,8-9,11-14H2,1H3,(H3,28,29)(H,30,33)(H,31,35). The third kappa shape index (κ3) is 8.24. The first-order valence-corrected chi connectivity index (χ1v) is 12.7. The second-order valence-corrected chi connectivity index (χ2v) is 9.92. The molecule has 0 spiro atoms. The van der Waals surface area contributed by atoms with Crippen LogP contribution in [0.5, 0.6) is 5.75 Å². The maximum absolute atomic E-state index is 14.1. The third-order valence-corrected chi connectivity index (χ3v) is 6.98. The highest BCUT2D eigenvalue weighted by atomic mass is 32.1. The van der Waals surface area contributed by atoms with Gasteiger partial charge in [-0.25, -0.2) is 8.78 Å². The fraction of sp³-hybridized carbons (Fsp3) is 0.440. The summed E-state index contributed by atoms with van der Waals surface area (Å²) in [7, 11) is 0. The third-order valence-electron chi connectivity index (χ3n) is 6.04. The average molecular weight is 536 g/mol. The normalized spacial score (nSPS) is 17.3. The van der Waals surface area contributed by atoms with Gasteiger partial charge in [-0.05, 0) is 38.0 Å². The minimum atomic E-state index is -3.07. The van der Waals surface area contributed by atoms with E-state index in [9.17, 15) is 23.2 Å². The van der Waals surface area contributed by atoms with Gasteiger partial charge >= 0.3 is 0 Å². The van der Waals surface area contributed by atoms with Crippen molar-refractivity contribution in [3.8, 4) is 5.75 Å². The molecule has 0 aliphatic carbocycles. The van der Waals surface area contributed by atoms with E-state index in [1.54, 1.807) is 23.6 Å². The van der Waals surface area contributed by atoms with E-state index >= 15 is 0 Å². The molecular formula is C25H31F2N5O4S. The second-order valence-electron chi connectivity index (χ2n) is 8.93. The first-order chi connectivity index (χ1) is 17.5. The molecule has 2 unspecified atom stereocenters. The molecule has 12 heteroatoms. The summed E-state index contributed by atoms with van der Waals surface area (Å²) in [5.41, 5.74) is 5.98. The zero-order valence-electron chi connectivity index (χ0n) is 20.5. The lowest BCUT2D eigenvalue weighted by Crippen LogP contribution is -2.48. The smallest absolute Gasteiger partial charge is 0.249 e. The number of nitrogens with zero attached hydrogens (tertiary/aromatic N) is 1. The van der Waals surface area contributed by atoms with E-state index in [0.717, 1.165) is 16.7 Å². The maximum atomic E-state index is 14.1. The van der Waals surface area contributed by atoms with Crippen molar-refractivity contribution >= 4 is 34.9 Å². The molecule has 1 aromatic heterocycles. The number of carbonyl (C=O) groups excluding carboxylic acids is 3. The first-order valence-electron chi connectivity index (χ1n) is 11.9. The fourth-order valence-electron chi connectivity index (χ4n) is 3.94. The quantitative estimate of drug-likeness (QED) is 0.188. The van der Waals surface area contributed by atoms with Crippen molar-refractivity contribution in [2.24, 2.45) is 11.7 Å². The number of alkyl halides is 2. The van der Waals surface area contributed by atoms with Crippen LogP contribution >= 0.6 is 11.3 Å². The molecule has 2 heterocycles. The number of hydrogen-bond donors (Lipinski definition) is 4. The zero-order chi connectivity index (χ0) is 27.0. The van der Waals surface area contributed by atoms with E-state index in [2.05, 4.69) is 10.6 Å². The molecule has 9 nitrogen and oxygen atoms in total. The summed E-state index contributed by atoms with van der Waals surface area (Å²) in [6, 6.07) is 9.73. The Morgan fingerprint density at radius 1 is 1.24 bits per heavy atom. The van der Waals surface area contributed by atoms with Crippen LogP contribution in [0.1, 0.15) is 36.6 Å². The monoisotopic (exact) mass is 535 g/mol. The molecule has 2 aromatic rings. The summed E-state index contributed by atoms with van der Waals surface area (Å²) in [4.78, 5) is 39.7. The summed E-state index contributed by atoms with van der Waals surface area (Å²) < 4.78 is 33.6. The Bertz CT molecular complexity index is 1110. The number of thiophene rings is 1. The number of halogens is 2. The van der Waals surface area contributed by atoms with Crippen LogP contribution in [0.25, 0.3) is 0 Å². The summed E-state index contributed by atoms with van der Waals surface area (Å²) in [5.74, 6) is -5.18. The van der Waals surface area contributed by atoms with Crippen LogP contribution in [0, 0.1) is 11.3 Å². The number of para-hydroxylation sites is 1. The van der Waals surface area contributed by atoms with Gasteiger partial charge in [0.05, 0.1) is 19.7 Å². The van der Waals surface area contributed by atoms with Gasteiger partial charge in [-0.15, -0.1) is 11.3 Å². The molecule has 1 aromatic carbocycles.